The van der Waals surface area contributed by atoms with Crippen LogP contribution in [0.2, 0.25) is 0 Å². The number of aliphatic carboxylic acids is 1. The minimum Gasteiger partial charge on any atom is -0.481 e. The zero-order chi connectivity index (χ0) is 20.4. The fourth-order valence-electron chi connectivity index (χ4n) is 4.37. The number of halogens is 1. The van der Waals surface area contributed by atoms with Crippen LogP contribution in [0.4, 0.5) is 4.39 Å². The monoisotopic (exact) mass is 390 g/mol. The summed E-state index contributed by atoms with van der Waals surface area (Å²) in [6, 6.07) is 5.13. The van der Waals surface area contributed by atoms with E-state index in [9.17, 15) is 14.3 Å². The van der Waals surface area contributed by atoms with Gasteiger partial charge in [-0.3, -0.25) is 4.79 Å². The first-order valence-electron chi connectivity index (χ1n) is 10.8. The van der Waals surface area contributed by atoms with Crippen LogP contribution in [0.15, 0.2) is 24.3 Å². The molecule has 1 aromatic rings. The Balaban J connectivity index is 1.67. The van der Waals surface area contributed by atoms with Crippen molar-refractivity contribution in [1.82, 2.24) is 0 Å². The van der Waals surface area contributed by atoms with E-state index in [1.54, 1.807) is 18.2 Å². The van der Waals surface area contributed by atoms with Crippen LogP contribution in [0.25, 0.3) is 6.08 Å². The summed E-state index contributed by atoms with van der Waals surface area (Å²) >= 11 is 0. The van der Waals surface area contributed by atoms with E-state index >= 15 is 0 Å². The van der Waals surface area contributed by atoms with Gasteiger partial charge in [-0.15, -0.1) is 0 Å². The smallest absolute Gasteiger partial charge is 0.303 e. The maximum Gasteiger partial charge on any atom is 0.303 e. The molecule has 0 aliphatic heterocycles. The minimum absolute atomic E-state index is 0.248. The van der Waals surface area contributed by atoms with E-state index in [1.165, 1.54) is 38.2 Å². The molecule has 2 N–H and O–H groups in total. The third kappa shape index (κ3) is 8.14. The summed E-state index contributed by atoms with van der Waals surface area (Å²) in [6.45, 7) is 1.86. The van der Waals surface area contributed by atoms with Crippen molar-refractivity contribution in [1.29, 1.82) is 0 Å². The standard InChI is InChI=1S/C24H35FO3/c1-18-11-12-21(23(25)17-18)14-16-22(26)15-13-20-9-6-8-19(20)7-4-2-3-5-10-24(27)28/h11-12,14,16-17,19-20,22,26H,2-10,13,15H2,1H3,(H,27,28)/b16-14+/t19-,20+,22?/m0/s1. The Labute approximate surface area is 168 Å². The van der Waals surface area contributed by atoms with Crippen molar-refractivity contribution in [3.63, 3.8) is 0 Å². The van der Waals surface area contributed by atoms with E-state index in [0.717, 1.165) is 43.6 Å². The van der Waals surface area contributed by atoms with E-state index in [2.05, 4.69) is 0 Å². The number of rotatable bonds is 12. The third-order valence-electron chi connectivity index (χ3n) is 6.02. The molecule has 0 amide bonds. The average Bonchev–Trinajstić information content (AvgIpc) is 3.09. The second-order valence-electron chi connectivity index (χ2n) is 8.33. The molecule has 1 aromatic carbocycles. The van der Waals surface area contributed by atoms with Gasteiger partial charge in [-0.25, -0.2) is 4.39 Å². The van der Waals surface area contributed by atoms with Crippen LogP contribution >= 0.6 is 0 Å². The number of aliphatic hydroxyl groups is 1. The molecule has 0 aromatic heterocycles. The molecule has 1 aliphatic carbocycles. The van der Waals surface area contributed by atoms with E-state index < -0.39 is 12.1 Å². The fraction of sp³-hybridized carbons (Fsp3) is 0.625. The van der Waals surface area contributed by atoms with Crippen LogP contribution in [0, 0.1) is 24.6 Å². The van der Waals surface area contributed by atoms with Gasteiger partial charge in [0.25, 0.3) is 0 Å². The normalized spacial score (nSPS) is 20.7. The van der Waals surface area contributed by atoms with Crippen LogP contribution in [-0.4, -0.2) is 22.3 Å². The Morgan fingerprint density at radius 1 is 1.18 bits per heavy atom. The fourth-order valence-corrected chi connectivity index (χ4v) is 4.37. The number of aliphatic hydroxyl groups excluding tert-OH is 1. The number of benzene rings is 1. The van der Waals surface area contributed by atoms with Crippen molar-refractivity contribution in [2.24, 2.45) is 11.8 Å². The second-order valence-corrected chi connectivity index (χ2v) is 8.33. The van der Waals surface area contributed by atoms with Crippen LogP contribution < -0.4 is 0 Å². The van der Waals surface area contributed by atoms with Gasteiger partial charge in [0.2, 0.25) is 0 Å². The van der Waals surface area contributed by atoms with Crippen LogP contribution in [0.3, 0.4) is 0 Å². The average molecular weight is 391 g/mol. The Morgan fingerprint density at radius 2 is 1.89 bits per heavy atom. The number of carboxylic acids is 1. The number of carboxylic acid groups (broad SMARTS) is 1. The predicted octanol–water partition coefficient (Wildman–Crippen LogP) is 6.13. The Bertz CT molecular complexity index is 641. The molecule has 0 radical (unpaired) electrons. The molecule has 1 unspecified atom stereocenters. The van der Waals surface area contributed by atoms with Gasteiger partial charge in [0, 0.05) is 12.0 Å². The van der Waals surface area contributed by atoms with Gasteiger partial charge < -0.3 is 10.2 Å². The number of unbranched alkanes of at least 4 members (excludes halogenated alkanes) is 3. The summed E-state index contributed by atoms with van der Waals surface area (Å²) in [4.78, 5) is 10.5. The molecular formula is C24H35FO3. The summed E-state index contributed by atoms with van der Waals surface area (Å²) in [6.07, 6.45) is 14.0. The molecule has 0 saturated heterocycles. The summed E-state index contributed by atoms with van der Waals surface area (Å²) in [5.41, 5.74) is 1.41. The molecule has 0 spiro atoms. The first kappa shape index (κ1) is 22.6. The van der Waals surface area contributed by atoms with Gasteiger partial charge in [-0.1, -0.05) is 69.2 Å². The molecule has 0 heterocycles. The molecule has 1 aliphatic rings. The van der Waals surface area contributed by atoms with Crippen molar-refractivity contribution >= 4 is 12.0 Å². The van der Waals surface area contributed by atoms with E-state index in [0.29, 0.717) is 11.5 Å². The zero-order valence-corrected chi connectivity index (χ0v) is 17.1. The molecule has 156 valence electrons. The van der Waals surface area contributed by atoms with Crippen LogP contribution in [-0.2, 0) is 4.79 Å². The summed E-state index contributed by atoms with van der Waals surface area (Å²) < 4.78 is 13.9. The lowest BCUT2D eigenvalue weighted by Crippen LogP contribution is -2.12. The molecule has 1 saturated carbocycles. The molecule has 4 heteroatoms. The number of carbonyl (C=O) groups is 1. The second kappa shape index (κ2) is 12.0. The van der Waals surface area contributed by atoms with Gasteiger partial charge in [0.1, 0.15) is 5.82 Å². The van der Waals surface area contributed by atoms with Crippen molar-refractivity contribution in [3.8, 4) is 0 Å². The highest BCUT2D eigenvalue weighted by Gasteiger charge is 2.26. The Kier molecular flexibility index (Phi) is 9.69. The third-order valence-corrected chi connectivity index (χ3v) is 6.02. The first-order valence-corrected chi connectivity index (χ1v) is 10.8. The van der Waals surface area contributed by atoms with Crippen molar-refractivity contribution in [3.05, 3.63) is 41.2 Å². The molecule has 3 atom stereocenters. The van der Waals surface area contributed by atoms with Crippen LogP contribution in [0.1, 0.15) is 81.8 Å². The van der Waals surface area contributed by atoms with Gasteiger partial charge in [-0.05, 0) is 49.7 Å². The van der Waals surface area contributed by atoms with Gasteiger partial charge in [-0.2, -0.15) is 0 Å². The van der Waals surface area contributed by atoms with Gasteiger partial charge >= 0.3 is 5.97 Å². The van der Waals surface area contributed by atoms with E-state index in [1.807, 2.05) is 13.0 Å². The molecule has 3 nitrogen and oxygen atoms in total. The van der Waals surface area contributed by atoms with E-state index in [4.69, 9.17) is 5.11 Å². The largest absolute Gasteiger partial charge is 0.481 e. The van der Waals surface area contributed by atoms with Crippen LogP contribution in [0.5, 0.6) is 0 Å². The predicted molar refractivity (Wildman–Crippen MR) is 112 cm³/mol. The summed E-state index contributed by atoms with van der Waals surface area (Å²) in [5, 5.41) is 18.9. The Hall–Kier alpha value is -1.68. The lowest BCUT2D eigenvalue weighted by molar-refractivity contribution is -0.137. The van der Waals surface area contributed by atoms with Gasteiger partial charge in [0.05, 0.1) is 6.10 Å². The lowest BCUT2D eigenvalue weighted by Gasteiger charge is -2.20. The van der Waals surface area contributed by atoms with Crippen molar-refractivity contribution in [2.45, 2.75) is 83.7 Å². The number of hydrogen-bond donors (Lipinski definition) is 2. The zero-order valence-electron chi connectivity index (χ0n) is 17.1. The van der Waals surface area contributed by atoms with Crippen molar-refractivity contribution < 1.29 is 19.4 Å². The molecular weight excluding hydrogens is 355 g/mol. The summed E-state index contributed by atoms with van der Waals surface area (Å²) in [5.74, 6) is 0.472. The first-order chi connectivity index (χ1) is 13.5. The molecule has 28 heavy (non-hydrogen) atoms. The highest BCUT2D eigenvalue weighted by molar-refractivity contribution is 5.66. The van der Waals surface area contributed by atoms with E-state index in [-0.39, 0.29) is 12.2 Å². The highest BCUT2D eigenvalue weighted by Crippen LogP contribution is 2.38. The molecule has 1 fully saturated rings. The number of aryl methyl sites for hydroxylation is 1. The molecule has 2 rings (SSSR count). The van der Waals surface area contributed by atoms with Gasteiger partial charge in [0.15, 0.2) is 0 Å². The minimum atomic E-state index is -0.700. The topological polar surface area (TPSA) is 57.5 Å². The molecule has 0 bridgehead atoms. The maximum atomic E-state index is 13.9. The Morgan fingerprint density at radius 3 is 2.61 bits per heavy atom. The maximum absolute atomic E-state index is 13.9. The van der Waals surface area contributed by atoms with Crippen molar-refractivity contribution in [2.75, 3.05) is 0 Å². The quantitative estimate of drug-likeness (QED) is 0.422. The lowest BCUT2D eigenvalue weighted by atomic mass is 9.86. The SMILES string of the molecule is Cc1ccc(/C=C/C(O)CC[C@H]2CCC[C@@H]2CCCCCCC(=O)O)c(F)c1. The number of hydrogen-bond acceptors (Lipinski definition) is 2. The summed E-state index contributed by atoms with van der Waals surface area (Å²) in [7, 11) is 0. The highest BCUT2D eigenvalue weighted by atomic mass is 19.1.